The molecule has 1 aliphatic rings. The molecule has 130 valence electrons. The van der Waals surface area contributed by atoms with E-state index in [-0.39, 0.29) is 11.1 Å². The van der Waals surface area contributed by atoms with Gasteiger partial charge in [-0.25, -0.2) is 0 Å². The standard InChI is InChI=1S/C17H18F3NO3/c1-11(13-4-2-3-5-14(13)17(18,19)20)10-15(22)21-8-6-12(7-9-21)16(23)24/h2-5,10,12H,6-9H2,1H3,(H,23,24). The van der Waals surface area contributed by atoms with Gasteiger partial charge in [-0.05, 0) is 37.0 Å². The quantitative estimate of drug-likeness (QED) is 0.857. The number of carboxylic acid groups (broad SMARTS) is 1. The van der Waals surface area contributed by atoms with Crippen molar-refractivity contribution in [3.05, 3.63) is 41.5 Å². The summed E-state index contributed by atoms with van der Waals surface area (Å²) in [6.45, 7) is 2.05. The van der Waals surface area contributed by atoms with Gasteiger partial charge in [-0.1, -0.05) is 18.2 Å². The van der Waals surface area contributed by atoms with Crippen LogP contribution in [-0.2, 0) is 15.8 Å². The first-order valence-corrected chi connectivity index (χ1v) is 7.56. The first kappa shape index (κ1) is 18.0. The van der Waals surface area contributed by atoms with Crippen molar-refractivity contribution in [3.63, 3.8) is 0 Å². The lowest BCUT2D eigenvalue weighted by molar-refractivity contribution is -0.144. The Bertz CT molecular complexity index is 659. The number of hydrogen-bond donors (Lipinski definition) is 1. The van der Waals surface area contributed by atoms with Crippen molar-refractivity contribution in [1.29, 1.82) is 0 Å². The van der Waals surface area contributed by atoms with Gasteiger partial charge in [0, 0.05) is 19.2 Å². The molecule has 1 fully saturated rings. The average molecular weight is 341 g/mol. The summed E-state index contributed by atoms with van der Waals surface area (Å²) in [7, 11) is 0. The number of piperidine rings is 1. The van der Waals surface area contributed by atoms with Crippen LogP contribution in [0.2, 0.25) is 0 Å². The van der Waals surface area contributed by atoms with Crippen LogP contribution >= 0.6 is 0 Å². The first-order valence-electron chi connectivity index (χ1n) is 7.56. The Labute approximate surface area is 137 Å². The van der Waals surface area contributed by atoms with Gasteiger partial charge in [-0.2, -0.15) is 13.2 Å². The van der Waals surface area contributed by atoms with E-state index in [0.29, 0.717) is 25.9 Å². The SMILES string of the molecule is CC(=CC(=O)N1CCC(C(=O)O)CC1)c1ccccc1C(F)(F)F. The van der Waals surface area contributed by atoms with Crippen LogP contribution in [0.25, 0.3) is 5.57 Å². The molecule has 1 amide bonds. The molecule has 0 unspecified atom stereocenters. The van der Waals surface area contributed by atoms with Gasteiger partial charge in [0.15, 0.2) is 0 Å². The van der Waals surface area contributed by atoms with E-state index in [0.717, 1.165) is 6.07 Å². The van der Waals surface area contributed by atoms with Crippen LogP contribution in [0.4, 0.5) is 13.2 Å². The summed E-state index contributed by atoms with van der Waals surface area (Å²) >= 11 is 0. The van der Waals surface area contributed by atoms with Crippen LogP contribution < -0.4 is 0 Å². The van der Waals surface area contributed by atoms with E-state index in [1.807, 2.05) is 0 Å². The maximum Gasteiger partial charge on any atom is 0.416 e. The summed E-state index contributed by atoms with van der Waals surface area (Å²) in [4.78, 5) is 24.6. The number of benzene rings is 1. The minimum Gasteiger partial charge on any atom is -0.481 e. The Morgan fingerprint density at radius 3 is 2.33 bits per heavy atom. The third kappa shape index (κ3) is 4.15. The lowest BCUT2D eigenvalue weighted by Gasteiger charge is -2.29. The van der Waals surface area contributed by atoms with Crippen molar-refractivity contribution in [3.8, 4) is 0 Å². The summed E-state index contributed by atoms with van der Waals surface area (Å²) in [5, 5.41) is 8.94. The Morgan fingerprint density at radius 1 is 1.21 bits per heavy atom. The van der Waals surface area contributed by atoms with Gasteiger partial charge in [0.2, 0.25) is 5.91 Å². The molecule has 0 saturated carbocycles. The van der Waals surface area contributed by atoms with Crippen LogP contribution in [0, 0.1) is 5.92 Å². The van der Waals surface area contributed by atoms with Gasteiger partial charge >= 0.3 is 12.1 Å². The second-order valence-electron chi connectivity index (χ2n) is 5.81. The molecule has 1 aromatic rings. The Morgan fingerprint density at radius 2 is 1.79 bits per heavy atom. The van der Waals surface area contributed by atoms with Crippen molar-refractivity contribution in [1.82, 2.24) is 4.90 Å². The number of nitrogens with zero attached hydrogens (tertiary/aromatic N) is 1. The fourth-order valence-corrected chi connectivity index (χ4v) is 2.78. The number of allylic oxidation sites excluding steroid dienone is 1. The van der Waals surface area contributed by atoms with Crippen molar-refractivity contribution in [2.75, 3.05) is 13.1 Å². The van der Waals surface area contributed by atoms with Gasteiger partial charge < -0.3 is 10.0 Å². The molecule has 4 nitrogen and oxygen atoms in total. The zero-order chi connectivity index (χ0) is 17.9. The molecule has 7 heteroatoms. The van der Waals surface area contributed by atoms with Crippen molar-refractivity contribution >= 4 is 17.4 Å². The molecule has 1 heterocycles. The molecule has 0 spiro atoms. The number of alkyl halides is 3. The van der Waals surface area contributed by atoms with Crippen LogP contribution in [0.1, 0.15) is 30.9 Å². The van der Waals surface area contributed by atoms with Crippen LogP contribution in [-0.4, -0.2) is 35.0 Å². The zero-order valence-corrected chi connectivity index (χ0v) is 13.1. The summed E-state index contributed by atoms with van der Waals surface area (Å²) in [6.07, 6.45) is -2.60. The first-order chi connectivity index (χ1) is 11.2. The maximum atomic E-state index is 13.0. The van der Waals surface area contributed by atoms with Gasteiger partial charge in [-0.3, -0.25) is 9.59 Å². The van der Waals surface area contributed by atoms with E-state index >= 15 is 0 Å². The molecular weight excluding hydrogens is 323 g/mol. The summed E-state index contributed by atoms with van der Waals surface area (Å²) in [6, 6.07) is 5.11. The highest BCUT2D eigenvalue weighted by molar-refractivity contribution is 5.95. The van der Waals surface area contributed by atoms with E-state index in [2.05, 4.69) is 0 Å². The predicted molar refractivity (Wildman–Crippen MR) is 82.0 cm³/mol. The zero-order valence-electron chi connectivity index (χ0n) is 13.1. The van der Waals surface area contributed by atoms with Gasteiger partial charge in [0.25, 0.3) is 0 Å². The summed E-state index contributed by atoms with van der Waals surface area (Å²) < 4.78 is 39.1. The largest absolute Gasteiger partial charge is 0.481 e. The minimum absolute atomic E-state index is 0.0289. The maximum absolute atomic E-state index is 13.0. The summed E-state index contributed by atoms with van der Waals surface area (Å²) in [5.74, 6) is -1.74. The number of carbonyl (C=O) groups is 2. The lowest BCUT2D eigenvalue weighted by Crippen LogP contribution is -2.39. The number of rotatable bonds is 3. The monoisotopic (exact) mass is 341 g/mol. The minimum atomic E-state index is -4.49. The molecule has 2 rings (SSSR count). The van der Waals surface area contributed by atoms with E-state index < -0.39 is 29.5 Å². The third-order valence-electron chi connectivity index (χ3n) is 4.15. The molecule has 0 aliphatic carbocycles. The molecule has 1 saturated heterocycles. The average Bonchev–Trinajstić information content (AvgIpc) is 2.54. The number of aliphatic carboxylic acids is 1. The predicted octanol–water partition coefficient (Wildman–Crippen LogP) is 3.43. The van der Waals surface area contributed by atoms with E-state index in [1.165, 1.54) is 36.1 Å². The van der Waals surface area contributed by atoms with E-state index in [1.54, 1.807) is 0 Å². The molecule has 1 N–H and O–H groups in total. The topological polar surface area (TPSA) is 57.6 Å². The molecular formula is C17H18F3NO3. The smallest absolute Gasteiger partial charge is 0.416 e. The fraction of sp³-hybridized carbons (Fsp3) is 0.412. The molecule has 0 bridgehead atoms. The number of likely N-dealkylation sites (tertiary alicyclic amines) is 1. The highest BCUT2D eigenvalue weighted by Crippen LogP contribution is 2.34. The Balaban J connectivity index is 2.15. The molecule has 1 aliphatic heterocycles. The molecule has 0 atom stereocenters. The summed E-state index contributed by atoms with van der Waals surface area (Å²) in [5.41, 5.74) is -0.580. The number of hydrogen-bond acceptors (Lipinski definition) is 2. The number of carboxylic acids is 1. The lowest BCUT2D eigenvalue weighted by atomic mass is 9.96. The normalized spacial score (nSPS) is 17.0. The van der Waals surface area contributed by atoms with Crippen LogP contribution in [0.5, 0.6) is 0 Å². The number of carbonyl (C=O) groups excluding carboxylic acids is 1. The molecule has 0 radical (unpaired) electrons. The number of halogens is 3. The highest BCUT2D eigenvalue weighted by atomic mass is 19.4. The van der Waals surface area contributed by atoms with E-state index in [9.17, 15) is 22.8 Å². The Hall–Kier alpha value is -2.31. The third-order valence-corrected chi connectivity index (χ3v) is 4.15. The fourth-order valence-electron chi connectivity index (χ4n) is 2.78. The second-order valence-corrected chi connectivity index (χ2v) is 5.81. The molecule has 0 aromatic heterocycles. The van der Waals surface area contributed by atoms with Crippen LogP contribution in [0.15, 0.2) is 30.3 Å². The molecule has 24 heavy (non-hydrogen) atoms. The van der Waals surface area contributed by atoms with Gasteiger partial charge in [-0.15, -0.1) is 0 Å². The van der Waals surface area contributed by atoms with Crippen LogP contribution in [0.3, 0.4) is 0 Å². The Kier molecular flexibility index (Phi) is 5.31. The van der Waals surface area contributed by atoms with Crippen molar-refractivity contribution in [2.45, 2.75) is 25.9 Å². The van der Waals surface area contributed by atoms with E-state index in [4.69, 9.17) is 5.11 Å². The number of amides is 1. The molecule has 1 aromatic carbocycles. The van der Waals surface area contributed by atoms with Crippen molar-refractivity contribution < 1.29 is 27.9 Å². The second kappa shape index (κ2) is 7.07. The highest BCUT2D eigenvalue weighted by Gasteiger charge is 2.33. The van der Waals surface area contributed by atoms with Gasteiger partial charge in [0.1, 0.15) is 0 Å². The van der Waals surface area contributed by atoms with Crippen molar-refractivity contribution in [2.24, 2.45) is 5.92 Å². The van der Waals surface area contributed by atoms with Gasteiger partial charge in [0.05, 0.1) is 11.5 Å².